The van der Waals surface area contributed by atoms with Crippen LogP contribution in [-0.2, 0) is 33.2 Å². The lowest BCUT2D eigenvalue weighted by atomic mass is 9.96. The third kappa shape index (κ3) is 42.7. The summed E-state index contributed by atoms with van der Waals surface area (Å²) >= 11 is 0. The summed E-state index contributed by atoms with van der Waals surface area (Å²) in [6.45, 7) is 1.64. The van der Waals surface area contributed by atoms with Gasteiger partial charge in [-0.3, -0.25) is 4.79 Å². The average Bonchev–Trinajstić information content (AvgIpc) is 0.778. The number of hydrogen-bond donors (Lipinski definition) is 12. The third-order valence-corrected chi connectivity index (χ3v) is 20.2. The number of aliphatic hydroxyl groups is 11. The molecule has 0 bridgehead atoms. The Hall–Kier alpha value is -2.77. The molecule has 102 heavy (non-hydrogen) atoms. The number of nitrogens with one attached hydrogen (secondary N) is 1. The van der Waals surface area contributed by atoms with E-state index in [9.17, 15) is 61.0 Å². The highest BCUT2D eigenvalue weighted by Crippen LogP contribution is 2.33. The van der Waals surface area contributed by atoms with Gasteiger partial charge in [-0.15, -0.1) is 0 Å². The molecule has 3 saturated heterocycles. The number of amides is 1. The normalized spacial score (nSPS) is 26.5. The molecule has 3 aliphatic heterocycles. The molecule has 0 spiro atoms. The molecule has 0 aromatic carbocycles. The molecule has 0 aliphatic carbocycles. The number of carbonyl (C=O) groups excluding carboxylic acids is 1. The van der Waals surface area contributed by atoms with E-state index in [1.54, 1.807) is 6.08 Å². The minimum absolute atomic E-state index is 0.237. The number of allylic oxidation sites excluding steroid dienone is 11. The van der Waals surface area contributed by atoms with E-state index in [0.717, 1.165) is 64.2 Å². The van der Waals surface area contributed by atoms with Crippen LogP contribution in [0.3, 0.4) is 0 Å². The Balaban J connectivity index is 1.33. The van der Waals surface area contributed by atoms with Gasteiger partial charge in [0.05, 0.1) is 38.6 Å². The number of rotatable bonds is 65. The third-order valence-electron chi connectivity index (χ3n) is 20.2. The van der Waals surface area contributed by atoms with Crippen LogP contribution in [0.25, 0.3) is 0 Å². The summed E-state index contributed by atoms with van der Waals surface area (Å²) in [6, 6.07) is -0.992. The van der Waals surface area contributed by atoms with E-state index < -0.39 is 124 Å². The van der Waals surface area contributed by atoms with Crippen molar-refractivity contribution in [2.75, 3.05) is 26.4 Å². The van der Waals surface area contributed by atoms with Crippen molar-refractivity contribution in [1.82, 2.24) is 5.32 Å². The van der Waals surface area contributed by atoms with Crippen molar-refractivity contribution in [1.29, 1.82) is 0 Å². The van der Waals surface area contributed by atoms with Gasteiger partial charge in [0.25, 0.3) is 0 Å². The van der Waals surface area contributed by atoms with Crippen molar-refractivity contribution in [2.24, 2.45) is 0 Å². The van der Waals surface area contributed by atoms with Crippen molar-refractivity contribution in [3.8, 4) is 0 Å². The van der Waals surface area contributed by atoms with Crippen LogP contribution in [0.4, 0.5) is 0 Å². The maximum Gasteiger partial charge on any atom is 0.220 e. The van der Waals surface area contributed by atoms with E-state index in [2.05, 4.69) is 79.9 Å². The molecule has 19 heteroatoms. The van der Waals surface area contributed by atoms with E-state index in [4.69, 9.17) is 28.4 Å². The van der Waals surface area contributed by atoms with Gasteiger partial charge in [0.2, 0.25) is 5.91 Å². The Kier molecular flexibility index (Phi) is 57.9. The van der Waals surface area contributed by atoms with Crippen molar-refractivity contribution < 1.29 is 89.4 Å². The molecule has 3 aliphatic rings. The highest BCUT2D eigenvalue weighted by molar-refractivity contribution is 5.76. The lowest BCUT2D eigenvalue weighted by Crippen LogP contribution is -2.66. The molecule has 19 nitrogen and oxygen atoms in total. The Morgan fingerprint density at radius 3 is 1.10 bits per heavy atom. The first-order valence-corrected chi connectivity index (χ1v) is 41.2. The largest absolute Gasteiger partial charge is 0.394 e. The summed E-state index contributed by atoms with van der Waals surface area (Å²) in [5, 5.41) is 121. The second kappa shape index (κ2) is 63.2. The molecule has 1 amide bonds. The van der Waals surface area contributed by atoms with Gasteiger partial charge in [-0.05, 0) is 70.6 Å². The maximum absolute atomic E-state index is 13.5. The number of unbranched alkanes of at least 4 members (excludes halogenated alkanes) is 39. The Morgan fingerprint density at radius 2 is 0.686 bits per heavy atom. The van der Waals surface area contributed by atoms with Gasteiger partial charge in [-0.2, -0.15) is 0 Å². The van der Waals surface area contributed by atoms with E-state index in [1.165, 1.54) is 218 Å². The van der Waals surface area contributed by atoms with Gasteiger partial charge in [-0.25, -0.2) is 0 Å². The highest BCUT2D eigenvalue weighted by Gasteiger charge is 2.54. The lowest BCUT2D eigenvalue weighted by molar-refractivity contribution is -0.379. The molecule has 3 fully saturated rings. The van der Waals surface area contributed by atoms with Gasteiger partial charge in [0.1, 0.15) is 73.2 Å². The molecule has 0 aromatic rings. The van der Waals surface area contributed by atoms with Gasteiger partial charge in [0.15, 0.2) is 18.9 Å². The zero-order valence-electron chi connectivity index (χ0n) is 63.6. The smallest absolute Gasteiger partial charge is 0.220 e. The molecule has 0 saturated carbocycles. The second-order valence-electron chi connectivity index (χ2n) is 29.2. The first kappa shape index (κ1) is 93.4. The van der Waals surface area contributed by atoms with E-state index in [-0.39, 0.29) is 18.9 Å². The molecule has 3 rings (SSSR count). The number of carbonyl (C=O) groups is 1. The Labute approximate surface area is 617 Å². The summed E-state index contributed by atoms with van der Waals surface area (Å²) in [4.78, 5) is 13.5. The van der Waals surface area contributed by atoms with Crippen LogP contribution in [0, 0.1) is 0 Å². The van der Waals surface area contributed by atoms with Crippen molar-refractivity contribution in [3.05, 3.63) is 72.9 Å². The lowest BCUT2D eigenvalue weighted by Gasteiger charge is -2.48. The predicted octanol–water partition coefficient (Wildman–Crippen LogP) is 14.0. The van der Waals surface area contributed by atoms with Gasteiger partial charge in [-0.1, -0.05) is 311 Å². The van der Waals surface area contributed by atoms with E-state index >= 15 is 0 Å². The molecule has 3 heterocycles. The van der Waals surface area contributed by atoms with Crippen LogP contribution in [0.1, 0.15) is 316 Å². The van der Waals surface area contributed by atoms with E-state index in [1.807, 2.05) is 6.08 Å². The van der Waals surface area contributed by atoms with Crippen LogP contribution < -0.4 is 5.32 Å². The fourth-order valence-electron chi connectivity index (χ4n) is 13.7. The minimum atomic E-state index is -1.98. The highest BCUT2D eigenvalue weighted by atomic mass is 16.8. The number of ether oxygens (including phenoxy) is 6. The topological polar surface area (TPSA) is 307 Å². The SMILES string of the molecule is CC/C=C\C/C=C\C/C=C\C/C=C\CCCCCCCCCCCCCCCCCCCCCCCCCCC(=O)NC(COC1OC(CO)C(OC2OC(CO)C(OC3OC(CO)C(O)C(O)C3O)C(O)C2O)C(O)C1O)C(O)/C=C/CC/C=C/CCCCCCCCCCCCCCCC. The molecule has 17 unspecified atom stereocenters. The molecule has 12 N–H and O–H groups in total. The van der Waals surface area contributed by atoms with Crippen LogP contribution in [0.5, 0.6) is 0 Å². The summed E-state index contributed by atoms with van der Waals surface area (Å²) in [7, 11) is 0. The summed E-state index contributed by atoms with van der Waals surface area (Å²) < 4.78 is 34.4. The number of hydrogen-bond acceptors (Lipinski definition) is 18. The van der Waals surface area contributed by atoms with Crippen molar-refractivity contribution >= 4 is 5.91 Å². The summed E-state index contributed by atoms with van der Waals surface area (Å²) in [5.41, 5.74) is 0. The molecule has 594 valence electrons. The van der Waals surface area contributed by atoms with Gasteiger partial charge < -0.3 is 89.9 Å². The quantitative estimate of drug-likeness (QED) is 0.0199. The monoisotopic (exact) mass is 1450 g/mol. The molecular weight excluding hydrogens is 1300 g/mol. The standard InChI is InChI=1S/C83H149NO18/c1-3-5-7-9-11-13-15-17-19-21-23-25-26-27-28-29-30-31-32-33-34-35-36-37-38-39-40-41-43-45-47-49-51-53-55-57-59-61-71(89)84-66(67(88)60-58-56-54-52-50-48-46-44-42-24-22-20-18-16-14-12-10-8-6-4-2)65-97-81-77(95)74(92)79(69(63-86)99-81)102-83-78(96)75(93)80(70(64-87)100-83)101-82-76(94)73(91)72(90)68(62-85)98-82/h5,7,11,13,17,19,23,25,50,52,58,60,66-70,72-83,85-88,90-96H,3-4,6,8-10,12,14-16,18,20-22,24,26-49,51,53-57,59,61-65H2,1-2H3,(H,84,89)/b7-5-,13-11-,19-17-,25-23-,52-50+,60-58+. The molecule has 0 radical (unpaired) electrons. The van der Waals surface area contributed by atoms with Crippen LogP contribution in [0.2, 0.25) is 0 Å². The van der Waals surface area contributed by atoms with Crippen LogP contribution in [0.15, 0.2) is 72.9 Å². The minimum Gasteiger partial charge on any atom is -0.394 e. The van der Waals surface area contributed by atoms with Gasteiger partial charge in [0, 0.05) is 6.42 Å². The molecule has 17 atom stereocenters. The summed E-state index contributed by atoms with van der Waals surface area (Å²) in [6.07, 6.45) is 56.2. The fraction of sp³-hybridized carbons (Fsp3) is 0.843. The Morgan fingerprint density at radius 1 is 0.363 bits per heavy atom. The van der Waals surface area contributed by atoms with Crippen molar-refractivity contribution in [2.45, 2.75) is 420 Å². The zero-order chi connectivity index (χ0) is 73.9. The number of aliphatic hydroxyl groups excluding tert-OH is 11. The van der Waals surface area contributed by atoms with Gasteiger partial charge >= 0.3 is 0 Å². The molecular formula is C83H149NO18. The first-order valence-electron chi connectivity index (χ1n) is 41.2. The molecule has 0 aromatic heterocycles. The maximum atomic E-state index is 13.5. The van der Waals surface area contributed by atoms with Crippen LogP contribution >= 0.6 is 0 Å². The van der Waals surface area contributed by atoms with E-state index in [0.29, 0.717) is 12.8 Å². The average molecular weight is 1450 g/mol. The Bertz CT molecular complexity index is 2120. The van der Waals surface area contributed by atoms with Crippen LogP contribution in [-0.4, -0.2) is 193 Å². The zero-order valence-corrected chi connectivity index (χ0v) is 63.6. The van der Waals surface area contributed by atoms with Crippen molar-refractivity contribution in [3.63, 3.8) is 0 Å². The first-order chi connectivity index (χ1) is 49.8. The fourth-order valence-corrected chi connectivity index (χ4v) is 13.7. The predicted molar refractivity (Wildman–Crippen MR) is 406 cm³/mol. The second-order valence-corrected chi connectivity index (χ2v) is 29.2. The summed E-state index contributed by atoms with van der Waals surface area (Å²) in [5.74, 6) is -0.281.